The van der Waals surface area contributed by atoms with E-state index in [0.29, 0.717) is 12.0 Å². The molecule has 2 heteroatoms. The minimum absolute atomic E-state index is 0.655. The van der Waals surface area contributed by atoms with Gasteiger partial charge in [0, 0.05) is 12.0 Å². The van der Waals surface area contributed by atoms with Crippen LogP contribution in [-0.4, -0.2) is 25.8 Å². The van der Waals surface area contributed by atoms with E-state index in [1.807, 2.05) is 26.3 Å². The summed E-state index contributed by atoms with van der Waals surface area (Å²) in [7, 11) is 2.05. The number of unbranched alkanes of at least 4 members (excludes halogenated alkanes) is 1. The standard InChI is InChI=1S/C14H24N2/c1-5-7-8-9-12(10-16-6-2)13-11(3)14(13)15-4/h5-6,9,11,13-15H,1,7-8,10H2,2-4H3. The van der Waals surface area contributed by atoms with Gasteiger partial charge in [0.2, 0.25) is 0 Å². The Labute approximate surface area is 99.5 Å². The van der Waals surface area contributed by atoms with Crippen LogP contribution in [0, 0.1) is 11.8 Å². The first-order chi connectivity index (χ1) is 7.76. The Morgan fingerprint density at radius 3 is 2.69 bits per heavy atom. The number of hydrogen-bond acceptors (Lipinski definition) is 2. The van der Waals surface area contributed by atoms with Gasteiger partial charge >= 0.3 is 0 Å². The van der Waals surface area contributed by atoms with Gasteiger partial charge in [-0.2, -0.15) is 0 Å². The molecular formula is C14H24N2. The van der Waals surface area contributed by atoms with E-state index in [0.717, 1.165) is 25.3 Å². The summed E-state index contributed by atoms with van der Waals surface area (Å²) in [5, 5.41) is 3.37. The zero-order valence-electron chi connectivity index (χ0n) is 10.7. The summed E-state index contributed by atoms with van der Waals surface area (Å²) in [5.41, 5.74) is 1.49. The molecule has 0 spiro atoms. The lowest BCUT2D eigenvalue weighted by Crippen LogP contribution is -2.13. The molecule has 0 saturated heterocycles. The second kappa shape index (κ2) is 6.64. The van der Waals surface area contributed by atoms with Gasteiger partial charge in [-0.3, -0.25) is 4.99 Å². The third-order valence-electron chi connectivity index (χ3n) is 3.37. The molecule has 3 atom stereocenters. The van der Waals surface area contributed by atoms with Crippen LogP contribution in [-0.2, 0) is 0 Å². The topological polar surface area (TPSA) is 24.4 Å². The van der Waals surface area contributed by atoms with E-state index >= 15 is 0 Å². The SMILES string of the molecule is C=CCCC=C(CN=CC)C1C(C)C1NC. The van der Waals surface area contributed by atoms with Crippen LogP contribution in [0.4, 0.5) is 0 Å². The quantitative estimate of drug-likeness (QED) is 0.398. The van der Waals surface area contributed by atoms with E-state index in [9.17, 15) is 0 Å². The molecule has 0 aromatic heterocycles. The van der Waals surface area contributed by atoms with Crippen LogP contribution < -0.4 is 5.32 Å². The van der Waals surface area contributed by atoms with Gasteiger partial charge < -0.3 is 5.32 Å². The van der Waals surface area contributed by atoms with E-state index < -0.39 is 0 Å². The highest BCUT2D eigenvalue weighted by atomic mass is 15.0. The molecule has 0 radical (unpaired) electrons. The summed E-state index contributed by atoms with van der Waals surface area (Å²) in [4.78, 5) is 4.37. The van der Waals surface area contributed by atoms with Crippen molar-refractivity contribution in [2.24, 2.45) is 16.8 Å². The predicted octanol–water partition coefficient (Wildman–Crippen LogP) is 2.82. The fraction of sp³-hybridized carbons (Fsp3) is 0.643. The van der Waals surface area contributed by atoms with Crippen LogP contribution in [0.3, 0.4) is 0 Å². The van der Waals surface area contributed by atoms with Crippen LogP contribution in [0.1, 0.15) is 26.7 Å². The average molecular weight is 220 g/mol. The summed E-state index contributed by atoms with van der Waals surface area (Å²) in [6.45, 7) is 8.90. The smallest absolute Gasteiger partial charge is 0.0599 e. The molecule has 0 heterocycles. The third kappa shape index (κ3) is 3.31. The van der Waals surface area contributed by atoms with Gasteiger partial charge in [0.1, 0.15) is 0 Å². The van der Waals surface area contributed by atoms with Crippen molar-refractivity contribution in [2.75, 3.05) is 13.6 Å². The second-order valence-corrected chi connectivity index (χ2v) is 4.44. The van der Waals surface area contributed by atoms with Crippen LogP contribution in [0.15, 0.2) is 29.3 Å². The number of rotatable bonds is 7. The van der Waals surface area contributed by atoms with E-state index in [2.05, 4.69) is 29.9 Å². The van der Waals surface area contributed by atoms with Crippen LogP contribution in [0.25, 0.3) is 0 Å². The fourth-order valence-corrected chi connectivity index (χ4v) is 2.36. The van der Waals surface area contributed by atoms with Crippen molar-refractivity contribution in [3.8, 4) is 0 Å². The fourth-order valence-electron chi connectivity index (χ4n) is 2.36. The molecule has 1 saturated carbocycles. The molecule has 0 aromatic carbocycles. The van der Waals surface area contributed by atoms with Gasteiger partial charge in [-0.05, 0) is 44.5 Å². The van der Waals surface area contributed by atoms with Gasteiger partial charge in [0.25, 0.3) is 0 Å². The van der Waals surface area contributed by atoms with Crippen molar-refractivity contribution >= 4 is 6.21 Å². The van der Waals surface area contributed by atoms with Crippen molar-refractivity contribution in [2.45, 2.75) is 32.7 Å². The molecule has 0 aliphatic heterocycles. The van der Waals surface area contributed by atoms with Crippen molar-refractivity contribution in [3.63, 3.8) is 0 Å². The molecule has 3 unspecified atom stereocenters. The maximum Gasteiger partial charge on any atom is 0.0599 e. The molecule has 90 valence electrons. The Morgan fingerprint density at radius 1 is 1.44 bits per heavy atom. The van der Waals surface area contributed by atoms with Crippen molar-refractivity contribution in [1.82, 2.24) is 5.32 Å². The maximum absolute atomic E-state index is 4.37. The van der Waals surface area contributed by atoms with Crippen LogP contribution in [0.2, 0.25) is 0 Å². The highest BCUT2D eigenvalue weighted by Crippen LogP contribution is 2.44. The van der Waals surface area contributed by atoms with Crippen molar-refractivity contribution < 1.29 is 0 Å². The molecule has 1 fully saturated rings. The summed E-state index contributed by atoms with van der Waals surface area (Å²) in [6, 6.07) is 0.655. The lowest BCUT2D eigenvalue weighted by molar-refractivity contribution is 0.735. The molecular weight excluding hydrogens is 196 g/mol. The predicted molar refractivity (Wildman–Crippen MR) is 72.0 cm³/mol. The lowest BCUT2D eigenvalue weighted by Gasteiger charge is -2.04. The molecule has 0 amide bonds. The van der Waals surface area contributed by atoms with E-state index in [1.54, 1.807) is 0 Å². The molecule has 0 bridgehead atoms. The molecule has 1 aliphatic rings. The highest BCUT2D eigenvalue weighted by molar-refractivity contribution is 5.53. The first kappa shape index (κ1) is 13.2. The Kier molecular flexibility index (Phi) is 5.47. The first-order valence-corrected chi connectivity index (χ1v) is 6.17. The molecule has 2 nitrogen and oxygen atoms in total. The number of nitrogens with one attached hydrogen (secondary N) is 1. The summed E-state index contributed by atoms with van der Waals surface area (Å²) >= 11 is 0. The number of nitrogens with zero attached hydrogens (tertiary/aromatic N) is 1. The zero-order chi connectivity index (χ0) is 12.0. The average Bonchev–Trinajstić information content (AvgIpc) is 2.94. The lowest BCUT2D eigenvalue weighted by atomic mass is 10.1. The molecule has 16 heavy (non-hydrogen) atoms. The largest absolute Gasteiger partial charge is 0.316 e. The summed E-state index contributed by atoms with van der Waals surface area (Å²) in [5.74, 6) is 1.45. The molecule has 0 aromatic rings. The number of allylic oxidation sites excluding steroid dienone is 2. The van der Waals surface area contributed by atoms with Gasteiger partial charge in [-0.25, -0.2) is 0 Å². The van der Waals surface area contributed by atoms with Crippen molar-refractivity contribution in [3.05, 3.63) is 24.3 Å². The maximum atomic E-state index is 4.37. The monoisotopic (exact) mass is 220 g/mol. The highest BCUT2D eigenvalue weighted by Gasteiger charge is 2.47. The minimum atomic E-state index is 0.655. The van der Waals surface area contributed by atoms with Gasteiger partial charge in [0.15, 0.2) is 0 Å². The van der Waals surface area contributed by atoms with Crippen LogP contribution in [0.5, 0.6) is 0 Å². The van der Waals surface area contributed by atoms with Gasteiger partial charge in [-0.15, -0.1) is 6.58 Å². The summed E-state index contributed by atoms with van der Waals surface area (Å²) < 4.78 is 0. The molecule has 1 N–H and O–H groups in total. The first-order valence-electron chi connectivity index (χ1n) is 6.17. The van der Waals surface area contributed by atoms with Crippen molar-refractivity contribution in [1.29, 1.82) is 0 Å². The third-order valence-corrected chi connectivity index (χ3v) is 3.37. The zero-order valence-corrected chi connectivity index (χ0v) is 10.7. The number of hydrogen-bond donors (Lipinski definition) is 1. The summed E-state index contributed by atoms with van der Waals surface area (Å²) in [6.07, 6.45) is 8.38. The van der Waals surface area contributed by atoms with Gasteiger partial charge in [0.05, 0.1) is 6.54 Å². The van der Waals surface area contributed by atoms with E-state index in [-0.39, 0.29) is 0 Å². The normalized spacial score (nSPS) is 29.7. The van der Waals surface area contributed by atoms with Gasteiger partial charge in [-0.1, -0.05) is 19.1 Å². The molecule has 1 rings (SSSR count). The van der Waals surface area contributed by atoms with Crippen LogP contribution >= 0.6 is 0 Å². The second-order valence-electron chi connectivity index (χ2n) is 4.44. The Hall–Kier alpha value is -0.890. The van der Waals surface area contributed by atoms with E-state index in [1.165, 1.54) is 5.57 Å². The Morgan fingerprint density at radius 2 is 2.19 bits per heavy atom. The molecule has 1 aliphatic carbocycles. The Bertz CT molecular complexity index is 278. The number of aliphatic imine (C=N–C) groups is 1. The Balaban J connectivity index is 2.57. The minimum Gasteiger partial charge on any atom is -0.316 e. The van der Waals surface area contributed by atoms with E-state index in [4.69, 9.17) is 0 Å².